The van der Waals surface area contributed by atoms with Gasteiger partial charge in [0.25, 0.3) is 0 Å². The molecule has 22 heavy (non-hydrogen) atoms. The van der Waals surface area contributed by atoms with Gasteiger partial charge in [0.2, 0.25) is 5.91 Å². The van der Waals surface area contributed by atoms with Gasteiger partial charge in [0, 0.05) is 18.8 Å². The highest BCUT2D eigenvalue weighted by molar-refractivity contribution is 6.18. The fraction of sp³-hybridized carbons (Fsp3) is 0.278. The Balaban J connectivity index is 1.77. The van der Waals surface area contributed by atoms with Crippen LogP contribution in [0.25, 0.3) is 0 Å². The van der Waals surface area contributed by atoms with Crippen LogP contribution in [0.2, 0.25) is 0 Å². The van der Waals surface area contributed by atoms with Crippen molar-refractivity contribution in [2.45, 2.75) is 13.0 Å². The molecule has 1 unspecified atom stereocenters. The summed E-state index contributed by atoms with van der Waals surface area (Å²) in [5.41, 5.74) is 1.93. The predicted molar refractivity (Wildman–Crippen MR) is 88.4 cm³/mol. The van der Waals surface area contributed by atoms with Crippen molar-refractivity contribution in [3.8, 4) is 5.75 Å². The highest BCUT2D eigenvalue weighted by Gasteiger charge is 2.31. The predicted octanol–water partition coefficient (Wildman–Crippen LogP) is 3.86. The number of rotatable bonds is 5. The van der Waals surface area contributed by atoms with Crippen LogP contribution in [0.1, 0.15) is 12.0 Å². The first-order valence-electron chi connectivity index (χ1n) is 7.40. The molecule has 0 saturated carbocycles. The van der Waals surface area contributed by atoms with E-state index in [1.54, 1.807) is 4.90 Å². The molecule has 2 aromatic carbocycles. The van der Waals surface area contributed by atoms with Crippen molar-refractivity contribution in [2.75, 3.05) is 17.3 Å². The number of ether oxygens (including phenoxy) is 1. The van der Waals surface area contributed by atoms with Crippen LogP contribution < -0.4 is 9.64 Å². The topological polar surface area (TPSA) is 29.5 Å². The van der Waals surface area contributed by atoms with E-state index in [1.165, 1.54) is 0 Å². The summed E-state index contributed by atoms with van der Waals surface area (Å²) in [6.45, 7) is 1.15. The van der Waals surface area contributed by atoms with Gasteiger partial charge in [0.05, 0.1) is 5.69 Å². The van der Waals surface area contributed by atoms with E-state index in [-0.39, 0.29) is 11.8 Å². The number of hydrogen-bond donors (Lipinski definition) is 0. The van der Waals surface area contributed by atoms with E-state index in [0.29, 0.717) is 25.5 Å². The molecule has 0 spiro atoms. The molecule has 0 radical (unpaired) electrons. The summed E-state index contributed by atoms with van der Waals surface area (Å²) >= 11 is 5.90. The molecule has 3 nitrogen and oxygen atoms in total. The van der Waals surface area contributed by atoms with Gasteiger partial charge in [0.15, 0.2) is 0 Å². The largest absolute Gasteiger partial charge is 0.487 e. The number of para-hydroxylation sites is 2. The summed E-state index contributed by atoms with van der Waals surface area (Å²) in [6.07, 6.45) is 0.510. The highest BCUT2D eigenvalue weighted by atomic mass is 35.5. The number of hydrogen-bond acceptors (Lipinski definition) is 2. The Kier molecular flexibility index (Phi) is 4.64. The van der Waals surface area contributed by atoms with Crippen LogP contribution >= 0.6 is 11.6 Å². The molecule has 1 heterocycles. The van der Waals surface area contributed by atoms with Gasteiger partial charge in [-0.25, -0.2) is 0 Å². The smallest absolute Gasteiger partial charge is 0.227 e. The number of carbonyl (C=O) groups is 1. The van der Waals surface area contributed by atoms with Crippen molar-refractivity contribution in [3.05, 3.63) is 60.2 Å². The Morgan fingerprint density at radius 2 is 1.82 bits per heavy atom. The maximum Gasteiger partial charge on any atom is 0.227 e. The molecule has 0 aliphatic carbocycles. The number of benzene rings is 2. The van der Waals surface area contributed by atoms with Crippen molar-refractivity contribution in [3.63, 3.8) is 0 Å². The Hall–Kier alpha value is -2.00. The van der Waals surface area contributed by atoms with Gasteiger partial charge < -0.3 is 9.64 Å². The standard InChI is InChI=1S/C18H18ClNO2/c19-11-15-10-18(21)20(12-15)16-8-4-5-9-17(16)22-13-14-6-2-1-3-7-14/h1-9,15H,10-13H2. The number of anilines is 1. The third-order valence-corrected chi connectivity index (χ3v) is 4.25. The molecular weight excluding hydrogens is 298 g/mol. The molecule has 1 fully saturated rings. The third kappa shape index (κ3) is 3.25. The summed E-state index contributed by atoms with van der Waals surface area (Å²) in [5, 5.41) is 0. The zero-order valence-electron chi connectivity index (χ0n) is 12.2. The Morgan fingerprint density at radius 1 is 1.09 bits per heavy atom. The third-order valence-electron chi connectivity index (χ3n) is 3.82. The monoisotopic (exact) mass is 315 g/mol. The van der Waals surface area contributed by atoms with E-state index < -0.39 is 0 Å². The van der Waals surface area contributed by atoms with E-state index in [9.17, 15) is 4.79 Å². The number of halogens is 1. The minimum atomic E-state index is 0.112. The molecule has 114 valence electrons. The van der Waals surface area contributed by atoms with E-state index in [4.69, 9.17) is 16.3 Å². The van der Waals surface area contributed by atoms with E-state index >= 15 is 0 Å². The van der Waals surface area contributed by atoms with Gasteiger partial charge in [-0.1, -0.05) is 42.5 Å². The van der Waals surface area contributed by atoms with E-state index in [2.05, 4.69) is 0 Å². The van der Waals surface area contributed by atoms with Crippen LogP contribution in [-0.4, -0.2) is 18.3 Å². The van der Waals surface area contributed by atoms with Gasteiger partial charge in [-0.3, -0.25) is 4.79 Å². The Morgan fingerprint density at radius 3 is 2.55 bits per heavy atom. The van der Waals surface area contributed by atoms with Crippen molar-refractivity contribution in [1.82, 2.24) is 0 Å². The average molecular weight is 316 g/mol. The van der Waals surface area contributed by atoms with Gasteiger partial charge in [-0.05, 0) is 23.6 Å². The molecule has 4 heteroatoms. The van der Waals surface area contributed by atoms with Crippen LogP contribution in [0.15, 0.2) is 54.6 Å². The molecule has 1 aliphatic rings. The normalized spacial score (nSPS) is 17.8. The van der Waals surface area contributed by atoms with Crippen LogP contribution in [0, 0.1) is 5.92 Å². The Labute approximate surface area is 135 Å². The number of amides is 1. The lowest BCUT2D eigenvalue weighted by atomic mass is 10.1. The van der Waals surface area contributed by atoms with Gasteiger partial charge in [-0.2, -0.15) is 0 Å². The van der Waals surface area contributed by atoms with Gasteiger partial charge in [-0.15, -0.1) is 11.6 Å². The molecule has 0 N–H and O–H groups in total. The molecule has 1 atom stereocenters. The van der Waals surface area contributed by atoms with Crippen molar-refractivity contribution >= 4 is 23.2 Å². The lowest BCUT2D eigenvalue weighted by molar-refractivity contribution is -0.117. The molecule has 2 aromatic rings. The fourth-order valence-electron chi connectivity index (χ4n) is 2.66. The highest BCUT2D eigenvalue weighted by Crippen LogP contribution is 2.33. The fourth-order valence-corrected chi connectivity index (χ4v) is 2.86. The summed E-state index contributed by atoms with van der Waals surface area (Å²) in [6, 6.07) is 17.7. The molecule has 1 saturated heterocycles. The lowest BCUT2D eigenvalue weighted by Gasteiger charge is -2.20. The average Bonchev–Trinajstić information content (AvgIpc) is 2.95. The first-order valence-corrected chi connectivity index (χ1v) is 7.93. The molecule has 0 aromatic heterocycles. The maximum atomic E-state index is 12.2. The first-order chi connectivity index (χ1) is 10.8. The number of alkyl halides is 1. The summed E-state index contributed by atoms with van der Waals surface area (Å²) in [4.78, 5) is 14.0. The van der Waals surface area contributed by atoms with Crippen LogP contribution in [0.5, 0.6) is 5.75 Å². The molecule has 3 rings (SSSR count). The summed E-state index contributed by atoms with van der Waals surface area (Å²) in [7, 11) is 0. The van der Waals surface area contributed by atoms with Gasteiger partial charge in [0.1, 0.15) is 12.4 Å². The SMILES string of the molecule is O=C1CC(CCl)CN1c1ccccc1OCc1ccccc1. The zero-order chi connectivity index (χ0) is 15.4. The molecule has 1 amide bonds. The summed E-state index contributed by atoms with van der Waals surface area (Å²) in [5.74, 6) is 1.57. The van der Waals surface area contributed by atoms with Crippen molar-refractivity contribution in [1.29, 1.82) is 0 Å². The second kappa shape index (κ2) is 6.84. The van der Waals surface area contributed by atoms with E-state index in [1.807, 2.05) is 54.6 Å². The molecular formula is C18H18ClNO2. The van der Waals surface area contributed by atoms with Crippen LogP contribution in [0.4, 0.5) is 5.69 Å². The van der Waals surface area contributed by atoms with Gasteiger partial charge >= 0.3 is 0 Å². The minimum absolute atomic E-state index is 0.112. The Bertz CT molecular complexity index is 645. The van der Waals surface area contributed by atoms with Crippen LogP contribution in [0.3, 0.4) is 0 Å². The molecule has 0 bridgehead atoms. The quantitative estimate of drug-likeness (QED) is 0.784. The summed E-state index contributed by atoms with van der Waals surface area (Å²) < 4.78 is 5.93. The van der Waals surface area contributed by atoms with Crippen molar-refractivity contribution < 1.29 is 9.53 Å². The minimum Gasteiger partial charge on any atom is -0.487 e. The second-order valence-electron chi connectivity index (χ2n) is 5.47. The first kappa shape index (κ1) is 14.9. The van der Waals surface area contributed by atoms with Crippen molar-refractivity contribution in [2.24, 2.45) is 5.92 Å². The molecule has 1 aliphatic heterocycles. The maximum absolute atomic E-state index is 12.2. The lowest BCUT2D eigenvalue weighted by Crippen LogP contribution is -2.25. The van der Waals surface area contributed by atoms with E-state index in [0.717, 1.165) is 17.0 Å². The number of nitrogens with zero attached hydrogens (tertiary/aromatic N) is 1. The number of carbonyl (C=O) groups excluding carboxylic acids is 1. The zero-order valence-corrected chi connectivity index (χ0v) is 13.0. The second-order valence-corrected chi connectivity index (χ2v) is 5.78. The van der Waals surface area contributed by atoms with Crippen LogP contribution in [-0.2, 0) is 11.4 Å².